The summed E-state index contributed by atoms with van der Waals surface area (Å²) >= 11 is 3.42. The van der Waals surface area contributed by atoms with Crippen LogP contribution in [-0.4, -0.2) is 36.2 Å². The van der Waals surface area contributed by atoms with Crippen LogP contribution >= 0.6 is 15.9 Å². The van der Waals surface area contributed by atoms with Gasteiger partial charge in [0.2, 0.25) is 5.91 Å². The van der Waals surface area contributed by atoms with Crippen molar-refractivity contribution >= 4 is 27.8 Å². The normalized spacial score (nSPS) is 14.8. The van der Waals surface area contributed by atoms with E-state index < -0.39 is 11.5 Å². The summed E-state index contributed by atoms with van der Waals surface area (Å²) in [6.45, 7) is 3.72. The van der Waals surface area contributed by atoms with Crippen molar-refractivity contribution in [3.8, 4) is 0 Å². The van der Waals surface area contributed by atoms with Crippen LogP contribution in [-0.2, 0) is 20.7 Å². The lowest BCUT2D eigenvalue weighted by Crippen LogP contribution is -2.53. The minimum Gasteiger partial charge on any atom is -0.480 e. The van der Waals surface area contributed by atoms with Crippen molar-refractivity contribution in [2.75, 3.05) is 13.7 Å². The Morgan fingerprint density at radius 2 is 2.13 bits per heavy atom. The molecular weight excluding hydrogens is 362 g/mol. The summed E-state index contributed by atoms with van der Waals surface area (Å²) in [5.74, 6) is -1.62. The van der Waals surface area contributed by atoms with Gasteiger partial charge in [-0.3, -0.25) is 4.79 Å². The van der Waals surface area contributed by atoms with Crippen LogP contribution < -0.4 is 5.32 Å². The summed E-state index contributed by atoms with van der Waals surface area (Å²) < 4.78 is 6.03. The fourth-order valence-electron chi connectivity index (χ4n) is 2.20. The predicted molar refractivity (Wildman–Crippen MR) is 92.3 cm³/mol. The molecule has 2 N–H and O–H groups in total. The summed E-state index contributed by atoms with van der Waals surface area (Å²) in [5.41, 5.74) is -0.233. The number of halogens is 1. The van der Waals surface area contributed by atoms with E-state index in [2.05, 4.69) is 21.2 Å². The Bertz CT molecular complexity index is 549. The van der Waals surface area contributed by atoms with Crippen molar-refractivity contribution in [3.63, 3.8) is 0 Å². The van der Waals surface area contributed by atoms with E-state index in [1.54, 1.807) is 14.0 Å². The van der Waals surface area contributed by atoms with Crippen LogP contribution in [0.3, 0.4) is 0 Å². The molecule has 2 unspecified atom stereocenters. The number of hydrogen-bond acceptors (Lipinski definition) is 3. The van der Waals surface area contributed by atoms with Crippen LogP contribution in [0.25, 0.3) is 0 Å². The number of amides is 1. The number of carbonyl (C=O) groups excluding carboxylic acids is 1. The number of hydrogen-bond donors (Lipinski definition) is 2. The molecule has 1 aromatic carbocycles. The molecule has 0 spiro atoms. The lowest BCUT2D eigenvalue weighted by atomic mass is 9.92. The van der Waals surface area contributed by atoms with Gasteiger partial charge in [-0.1, -0.05) is 35.0 Å². The van der Waals surface area contributed by atoms with Crippen LogP contribution in [0, 0.1) is 5.92 Å². The van der Waals surface area contributed by atoms with Crippen molar-refractivity contribution in [1.29, 1.82) is 0 Å². The molecular formula is C17H24BrNO4. The molecule has 0 fully saturated rings. The van der Waals surface area contributed by atoms with Crippen molar-refractivity contribution in [2.45, 2.75) is 38.6 Å². The highest BCUT2D eigenvalue weighted by Gasteiger charge is 2.34. The maximum Gasteiger partial charge on any atom is 0.329 e. The first kappa shape index (κ1) is 19.6. The van der Waals surface area contributed by atoms with E-state index in [1.807, 2.05) is 24.3 Å². The smallest absolute Gasteiger partial charge is 0.329 e. The Balaban J connectivity index is 2.88. The minimum absolute atomic E-state index is 0.256. The van der Waals surface area contributed by atoms with Crippen LogP contribution in [0.4, 0.5) is 0 Å². The quantitative estimate of drug-likeness (QED) is 0.684. The Morgan fingerprint density at radius 1 is 1.43 bits per heavy atom. The summed E-state index contributed by atoms with van der Waals surface area (Å²) in [6.07, 6.45) is 1.39. The number of carboxylic acid groups (broad SMARTS) is 1. The fraction of sp³-hybridized carbons (Fsp3) is 0.529. The lowest BCUT2D eigenvalue weighted by molar-refractivity contribution is -0.147. The molecule has 0 aliphatic heterocycles. The summed E-state index contributed by atoms with van der Waals surface area (Å²) in [6, 6.07) is 7.75. The van der Waals surface area contributed by atoms with Gasteiger partial charge in [0.15, 0.2) is 0 Å². The standard InChI is InChI=1S/C17H24BrNO4/c1-4-17(2,16(21)22)19-15(20)13(8-9-23-3)10-12-6-5-7-14(18)11-12/h5-7,11,13H,4,8-10H2,1-3H3,(H,19,20)(H,21,22). The first-order chi connectivity index (χ1) is 10.8. The number of carbonyl (C=O) groups is 2. The number of nitrogens with one attached hydrogen (secondary N) is 1. The maximum absolute atomic E-state index is 12.6. The third kappa shape index (κ3) is 5.95. The molecule has 2 atom stereocenters. The van der Waals surface area contributed by atoms with Gasteiger partial charge in [0.05, 0.1) is 0 Å². The van der Waals surface area contributed by atoms with Crippen molar-refractivity contribution in [2.24, 2.45) is 5.92 Å². The monoisotopic (exact) mass is 385 g/mol. The molecule has 0 saturated carbocycles. The summed E-state index contributed by atoms with van der Waals surface area (Å²) in [5, 5.41) is 12.0. The zero-order valence-corrected chi connectivity index (χ0v) is 15.4. The van der Waals surface area contributed by atoms with Crippen molar-refractivity contribution < 1.29 is 19.4 Å². The van der Waals surface area contributed by atoms with Gasteiger partial charge < -0.3 is 15.2 Å². The summed E-state index contributed by atoms with van der Waals surface area (Å²) in [7, 11) is 1.58. The van der Waals surface area contributed by atoms with Gasteiger partial charge in [0.1, 0.15) is 5.54 Å². The zero-order valence-electron chi connectivity index (χ0n) is 13.8. The molecule has 0 aliphatic rings. The van der Waals surface area contributed by atoms with E-state index in [-0.39, 0.29) is 11.8 Å². The van der Waals surface area contributed by atoms with Gasteiger partial charge in [0.25, 0.3) is 0 Å². The Kier molecular flexibility index (Phi) is 7.72. The maximum atomic E-state index is 12.6. The number of rotatable bonds is 9. The van der Waals surface area contributed by atoms with Crippen LogP contribution in [0.2, 0.25) is 0 Å². The largest absolute Gasteiger partial charge is 0.480 e. The van der Waals surface area contributed by atoms with Gasteiger partial charge in [-0.25, -0.2) is 4.79 Å². The van der Waals surface area contributed by atoms with Gasteiger partial charge >= 0.3 is 5.97 Å². The van der Waals surface area contributed by atoms with Crippen molar-refractivity contribution in [1.82, 2.24) is 5.32 Å². The Hall–Kier alpha value is -1.40. The topological polar surface area (TPSA) is 75.6 Å². The third-order valence-electron chi connectivity index (χ3n) is 3.99. The molecule has 1 aromatic rings. The van der Waals surface area contributed by atoms with E-state index in [1.165, 1.54) is 6.92 Å². The van der Waals surface area contributed by atoms with Gasteiger partial charge in [-0.2, -0.15) is 0 Å². The van der Waals surface area contributed by atoms with E-state index in [4.69, 9.17) is 4.74 Å². The second-order valence-corrected chi connectivity index (χ2v) is 6.71. The molecule has 0 saturated heterocycles. The highest BCUT2D eigenvalue weighted by molar-refractivity contribution is 9.10. The van der Waals surface area contributed by atoms with Crippen LogP contribution in [0.1, 0.15) is 32.3 Å². The SMILES string of the molecule is CCC(C)(NC(=O)C(CCOC)Cc1cccc(Br)c1)C(=O)O. The van der Waals surface area contributed by atoms with Gasteiger partial charge in [-0.15, -0.1) is 0 Å². The molecule has 0 aliphatic carbocycles. The van der Waals surface area contributed by atoms with Gasteiger partial charge in [0, 0.05) is 24.1 Å². The fourth-order valence-corrected chi connectivity index (χ4v) is 2.65. The molecule has 23 heavy (non-hydrogen) atoms. The number of ether oxygens (including phenoxy) is 1. The molecule has 0 heterocycles. The van der Waals surface area contributed by atoms with Crippen molar-refractivity contribution in [3.05, 3.63) is 34.3 Å². The first-order valence-corrected chi connectivity index (χ1v) is 8.40. The molecule has 0 bridgehead atoms. The molecule has 1 rings (SSSR count). The molecule has 6 heteroatoms. The highest BCUT2D eigenvalue weighted by atomic mass is 79.9. The van der Waals surface area contributed by atoms with Gasteiger partial charge in [-0.05, 0) is 43.9 Å². The van der Waals surface area contributed by atoms with E-state index in [0.29, 0.717) is 25.9 Å². The minimum atomic E-state index is -1.25. The second kappa shape index (κ2) is 9.03. The number of aliphatic carboxylic acids is 1. The molecule has 0 aromatic heterocycles. The predicted octanol–water partition coefficient (Wildman–Crippen LogP) is 3.01. The summed E-state index contributed by atoms with van der Waals surface area (Å²) in [4.78, 5) is 24.0. The molecule has 0 radical (unpaired) electrons. The number of carboxylic acids is 1. The average Bonchev–Trinajstić information content (AvgIpc) is 2.50. The molecule has 5 nitrogen and oxygen atoms in total. The number of methoxy groups -OCH3 is 1. The Morgan fingerprint density at radius 3 is 2.65 bits per heavy atom. The second-order valence-electron chi connectivity index (χ2n) is 5.79. The van der Waals surface area contributed by atoms with E-state index in [0.717, 1.165) is 10.0 Å². The van der Waals surface area contributed by atoms with Crippen LogP contribution in [0.15, 0.2) is 28.7 Å². The highest BCUT2D eigenvalue weighted by Crippen LogP contribution is 2.19. The third-order valence-corrected chi connectivity index (χ3v) is 4.48. The average molecular weight is 386 g/mol. The molecule has 1 amide bonds. The molecule has 128 valence electrons. The van der Waals surface area contributed by atoms with Crippen LogP contribution in [0.5, 0.6) is 0 Å². The zero-order chi connectivity index (χ0) is 17.5. The van der Waals surface area contributed by atoms with E-state index >= 15 is 0 Å². The Labute approximate surface area is 145 Å². The van der Waals surface area contributed by atoms with E-state index in [9.17, 15) is 14.7 Å². The lowest BCUT2D eigenvalue weighted by Gasteiger charge is -2.27. The first-order valence-electron chi connectivity index (χ1n) is 7.61. The number of benzene rings is 1.